The van der Waals surface area contributed by atoms with Crippen LogP contribution in [0.3, 0.4) is 0 Å². The molecule has 2 rings (SSSR count). The average Bonchev–Trinajstić information content (AvgIpc) is 2.83. The standard InChI is InChI=1S/C13H21N5O3/c1-3-5-7-18-10-9(11(20)16-13(18)21)17(4-2)12(15-10)14-6-8-19/h19H,3-8H2,1-2H3,(H,14,15)(H,16,20,21). The van der Waals surface area contributed by atoms with Crippen molar-refractivity contribution in [1.82, 2.24) is 19.1 Å². The molecule has 0 aliphatic heterocycles. The first-order valence-corrected chi connectivity index (χ1v) is 7.22. The molecule has 0 aliphatic carbocycles. The van der Waals surface area contributed by atoms with Gasteiger partial charge in [0.05, 0.1) is 6.61 Å². The molecule has 3 N–H and O–H groups in total. The zero-order valence-electron chi connectivity index (χ0n) is 12.3. The lowest BCUT2D eigenvalue weighted by Crippen LogP contribution is -2.31. The number of unbranched alkanes of at least 4 members (excludes halogenated alkanes) is 1. The largest absolute Gasteiger partial charge is 0.395 e. The Morgan fingerprint density at radius 2 is 2.05 bits per heavy atom. The van der Waals surface area contributed by atoms with E-state index in [1.165, 1.54) is 4.57 Å². The van der Waals surface area contributed by atoms with Gasteiger partial charge in [0.1, 0.15) is 0 Å². The summed E-state index contributed by atoms with van der Waals surface area (Å²) in [4.78, 5) is 30.8. The van der Waals surface area contributed by atoms with Crippen molar-refractivity contribution in [1.29, 1.82) is 0 Å². The van der Waals surface area contributed by atoms with E-state index in [1.807, 2.05) is 13.8 Å². The number of hydrogen-bond acceptors (Lipinski definition) is 5. The van der Waals surface area contributed by atoms with Gasteiger partial charge in [-0.15, -0.1) is 0 Å². The Hall–Kier alpha value is -2.09. The maximum atomic E-state index is 12.1. The van der Waals surface area contributed by atoms with Crippen LogP contribution >= 0.6 is 0 Å². The molecule has 0 aromatic carbocycles. The minimum absolute atomic E-state index is 0.0358. The molecule has 8 nitrogen and oxygen atoms in total. The SMILES string of the molecule is CCCCn1c(=O)[nH]c(=O)c2c1nc(NCCO)n2CC. The van der Waals surface area contributed by atoms with Gasteiger partial charge in [0.25, 0.3) is 5.56 Å². The second-order valence-electron chi connectivity index (χ2n) is 4.77. The summed E-state index contributed by atoms with van der Waals surface area (Å²) in [6, 6.07) is 0. The lowest BCUT2D eigenvalue weighted by atomic mass is 10.3. The van der Waals surface area contributed by atoms with Gasteiger partial charge in [-0.2, -0.15) is 4.98 Å². The number of rotatable bonds is 7. The topological polar surface area (TPSA) is 105 Å². The van der Waals surface area contributed by atoms with E-state index in [4.69, 9.17) is 5.11 Å². The van der Waals surface area contributed by atoms with Gasteiger partial charge < -0.3 is 15.0 Å². The van der Waals surface area contributed by atoms with E-state index in [-0.39, 0.29) is 6.61 Å². The molecular formula is C13H21N5O3. The average molecular weight is 295 g/mol. The van der Waals surface area contributed by atoms with Crippen molar-refractivity contribution in [2.24, 2.45) is 0 Å². The van der Waals surface area contributed by atoms with Crippen molar-refractivity contribution in [2.75, 3.05) is 18.5 Å². The molecule has 0 amide bonds. The number of nitrogens with zero attached hydrogens (tertiary/aromatic N) is 3. The molecule has 0 radical (unpaired) electrons. The Kier molecular flexibility index (Phi) is 4.79. The van der Waals surface area contributed by atoms with Crippen molar-refractivity contribution in [3.63, 3.8) is 0 Å². The fourth-order valence-corrected chi connectivity index (χ4v) is 2.31. The van der Waals surface area contributed by atoms with Gasteiger partial charge in [-0.1, -0.05) is 13.3 Å². The monoisotopic (exact) mass is 295 g/mol. The Morgan fingerprint density at radius 3 is 2.67 bits per heavy atom. The molecule has 0 aliphatic rings. The molecule has 2 aromatic heterocycles. The zero-order chi connectivity index (χ0) is 15.4. The Bertz CT molecular complexity index is 728. The van der Waals surface area contributed by atoms with Crippen LogP contribution in [0, 0.1) is 0 Å². The number of aliphatic hydroxyl groups is 1. The van der Waals surface area contributed by atoms with Crippen molar-refractivity contribution < 1.29 is 5.11 Å². The number of anilines is 1. The Balaban J connectivity index is 2.66. The van der Waals surface area contributed by atoms with Gasteiger partial charge in [-0.3, -0.25) is 14.3 Å². The van der Waals surface area contributed by atoms with E-state index in [9.17, 15) is 9.59 Å². The summed E-state index contributed by atoms with van der Waals surface area (Å²) in [5.74, 6) is 0.489. The summed E-state index contributed by atoms with van der Waals surface area (Å²) >= 11 is 0. The molecule has 2 heterocycles. The van der Waals surface area contributed by atoms with Crippen LogP contribution in [0.4, 0.5) is 5.95 Å². The van der Waals surface area contributed by atoms with Crippen molar-refractivity contribution >= 4 is 17.1 Å². The summed E-state index contributed by atoms with van der Waals surface area (Å²) in [5.41, 5.74) is -0.0994. The van der Waals surface area contributed by atoms with Crippen molar-refractivity contribution in [3.05, 3.63) is 20.8 Å². The molecule has 0 spiro atoms. The minimum Gasteiger partial charge on any atom is -0.395 e. The fraction of sp³-hybridized carbons (Fsp3) is 0.615. The number of aromatic amines is 1. The highest BCUT2D eigenvalue weighted by atomic mass is 16.3. The Labute approximate surface area is 121 Å². The third-order valence-corrected chi connectivity index (χ3v) is 3.33. The first kappa shape index (κ1) is 15.3. The molecule has 8 heteroatoms. The third-order valence-electron chi connectivity index (χ3n) is 3.33. The van der Waals surface area contributed by atoms with Crippen LogP contribution in [0.2, 0.25) is 0 Å². The predicted molar refractivity (Wildman–Crippen MR) is 80.8 cm³/mol. The van der Waals surface area contributed by atoms with E-state index in [2.05, 4.69) is 15.3 Å². The Morgan fingerprint density at radius 1 is 1.29 bits per heavy atom. The van der Waals surface area contributed by atoms with Gasteiger partial charge in [0.2, 0.25) is 5.95 Å². The molecule has 2 aromatic rings. The van der Waals surface area contributed by atoms with Gasteiger partial charge in [-0.05, 0) is 13.3 Å². The first-order valence-electron chi connectivity index (χ1n) is 7.22. The molecule has 21 heavy (non-hydrogen) atoms. The highest BCUT2D eigenvalue weighted by Gasteiger charge is 2.17. The summed E-state index contributed by atoms with van der Waals surface area (Å²) in [6.07, 6.45) is 1.77. The van der Waals surface area contributed by atoms with Crippen LogP contribution in [0.25, 0.3) is 11.2 Å². The van der Waals surface area contributed by atoms with Crippen molar-refractivity contribution in [2.45, 2.75) is 39.8 Å². The molecule has 0 saturated heterocycles. The maximum absolute atomic E-state index is 12.1. The maximum Gasteiger partial charge on any atom is 0.330 e. The summed E-state index contributed by atoms with van der Waals surface area (Å²) < 4.78 is 3.21. The molecule has 0 bridgehead atoms. The van der Waals surface area contributed by atoms with Gasteiger partial charge in [0, 0.05) is 19.6 Å². The normalized spacial score (nSPS) is 11.2. The van der Waals surface area contributed by atoms with E-state index < -0.39 is 11.2 Å². The van der Waals surface area contributed by atoms with Crippen LogP contribution < -0.4 is 16.6 Å². The number of H-pyrrole nitrogens is 1. The summed E-state index contributed by atoms with van der Waals surface area (Å²) in [7, 11) is 0. The van der Waals surface area contributed by atoms with E-state index in [1.54, 1.807) is 4.57 Å². The van der Waals surface area contributed by atoms with E-state index in [0.717, 1.165) is 12.8 Å². The van der Waals surface area contributed by atoms with Crippen molar-refractivity contribution in [3.8, 4) is 0 Å². The van der Waals surface area contributed by atoms with Crippen LogP contribution in [-0.4, -0.2) is 37.4 Å². The number of hydrogen-bond donors (Lipinski definition) is 3. The van der Waals surface area contributed by atoms with E-state index in [0.29, 0.717) is 36.7 Å². The molecule has 0 unspecified atom stereocenters. The van der Waals surface area contributed by atoms with E-state index >= 15 is 0 Å². The van der Waals surface area contributed by atoms with Crippen LogP contribution in [0.15, 0.2) is 9.59 Å². The third kappa shape index (κ3) is 2.85. The lowest BCUT2D eigenvalue weighted by Gasteiger charge is -2.06. The molecular weight excluding hydrogens is 274 g/mol. The number of aryl methyl sites for hydroxylation is 2. The molecule has 0 saturated carbocycles. The second-order valence-corrected chi connectivity index (χ2v) is 4.77. The van der Waals surface area contributed by atoms with Gasteiger partial charge in [-0.25, -0.2) is 4.79 Å². The zero-order valence-corrected chi connectivity index (χ0v) is 12.3. The highest BCUT2D eigenvalue weighted by molar-refractivity contribution is 5.74. The number of aliphatic hydroxyl groups excluding tert-OH is 1. The van der Waals surface area contributed by atoms with Crippen LogP contribution in [-0.2, 0) is 13.1 Å². The number of imidazole rings is 1. The summed E-state index contributed by atoms with van der Waals surface area (Å²) in [5, 5.41) is 11.9. The second kappa shape index (κ2) is 6.57. The van der Waals surface area contributed by atoms with Gasteiger partial charge in [0.15, 0.2) is 11.2 Å². The molecule has 116 valence electrons. The van der Waals surface area contributed by atoms with Crippen LogP contribution in [0.1, 0.15) is 26.7 Å². The van der Waals surface area contributed by atoms with Gasteiger partial charge >= 0.3 is 5.69 Å². The number of aromatic nitrogens is 4. The predicted octanol–water partition coefficient (Wildman–Crippen LogP) is 0.110. The molecule has 0 fully saturated rings. The number of nitrogens with one attached hydrogen (secondary N) is 2. The number of fused-ring (bicyclic) bond motifs is 1. The first-order chi connectivity index (χ1) is 10.1. The fourth-order valence-electron chi connectivity index (χ4n) is 2.31. The molecule has 0 atom stereocenters. The quantitative estimate of drug-likeness (QED) is 0.672. The highest BCUT2D eigenvalue weighted by Crippen LogP contribution is 2.15. The smallest absolute Gasteiger partial charge is 0.330 e. The summed E-state index contributed by atoms with van der Waals surface area (Å²) in [6.45, 7) is 5.29. The minimum atomic E-state index is -0.436. The van der Waals surface area contributed by atoms with Crippen LogP contribution in [0.5, 0.6) is 0 Å². The lowest BCUT2D eigenvalue weighted by molar-refractivity contribution is 0.310.